The van der Waals surface area contributed by atoms with E-state index in [1.54, 1.807) is 6.07 Å². The number of esters is 1. The Bertz CT molecular complexity index is 982. The number of carbonyl (C=O) groups is 2. The zero-order valence-electron chi connectivity index (χ0n) is 11.0. The molecule has 5 nitrogen and oxygen atoms in total. The molecule has 1 aliphatic rings. The topological polar surface area (TPSA) is 77.5 Å². The van der Waals surface area contributed by atoms with E-state index in [4.69, 9.17) is 4.74 Å². The number of para-hydroxylation sites is 1. The van der Waals surface area contributed by atoms with Crippen molar-refractivity contribution in [2.24, 2.45) is 0 Å². The van der Waals surface area contributed by atoms with Gasteiger partial charge in [0, 0.05) is 10.7 Å². The van der Waals surface area contributed by atoms with E-state index < -0.39 is 20.9 Å². The molecular formula is C14H5I3O5S. The summed E-state index contributed by atoms with van der Waals surface area (Å²) in [7, 11) is -4.30. The second kappa shape index (κ2) is 6.22. The molecule has 0 fully saturated rings. The molecule has 0 amide bonds. The molecule has 1 aliphatic heterocycles. The van der Waals surface area contributed by atoms with Crippen molar-refractivity contribution in [3.63, 3.8) is 0 Å². The van der Waals surface area contributed by atoms with Gasteiger partial charge < -0.3 is 4.74 Å². The fourth-order valence-corrected chi connectivity index (χ4v) is 6.27. The Hall–Kier alpha value is -0.280. The Labute approximate surface area is 172 Å². The first-order chi connectivity index (χ1) is 10.7. The van der Waals surface area contributed by atoms with Crippen LogP contribution in [0, 0.1) is 10.7 Å². The van der Waals surface area contributed by atoms with Crippen LogP contribution in [0.15, 0.2) is 35.2 Å². The van der Waals surface area contributed by atoms with E-state index in [1.165, 1.54) is 24.3 Å². The Morgan fingerprint density at radius 2 is 1.57 bits per heavy atom. The zero-order chi connectivity index (χ0) is 16.9. The third kappa shape index (κ3) is 2.82. The van der Waals surface area contributed by atoms with E-state index >= 15 is 0 Å². The first kappa shape index (κ1) is 17.5. The summed E-state index contributed by atoms with van der Waals surface area (Å²) in [6, 6.07) is 7.29. The molecule has 0 radical (unpaired) electrons. The highest BCUT2D eigenvalue weighted by atomic mass is 127. The average molecular weight is 666 g/mol. The molecule has 2 aromatic carbocycles. The molecule has 0 unspecified atom stereocenters. The Morgan fingerprint density at radius 1 is 0.913 bits per heavy atom. The lowest BCUT2D eigenvalue weighted by Crippen LogP contribution is -2.27. The lowest BCUT2D eigenvalue weighted by molar-refractivity contribution is 0.0723. The van der Waals surface area contributed by atoms with Crippen LogP contribution in [0.25, 0.3) is 0 Å². The molecule has 2 aromatic rings. The van der Waals surface area contributed by atoms with Crippen molar-refractivity contribution >= 4 is 88.7 Å². The number of hydrogen-bond acceptors (Lipinski definition) is 5. The van der Waals surface area contributed by atoms with Gasteiger partial charge in [-0.1, -0.05) is 12.1 Å². The van der Waals surface area contributed by atoms with Crippen molar-refractivity contribution in [2.75, 3.05) is 0 Å². The Balaban J connectivity index is 2.44. The second-order valence-corrected chi connectivity index (χ2v) is 9.75. The number of halogens is 3. The van der Waals surface area contributed by atoms with Crippen molar-refractivity contribution in [2.45, 2.75) is 4.90 Å². The van der Waals surface area contributed by atoms with Gasteiger partial charge in [-0.05, 0) is 86.0 Å². The van der Waals surface area contributed by atoms with Crippen LogP contribution in [-0.4, -0.2) is 19.5 Å². The van der Waals surface area contributed by atoms with E-state index in [1.807, 2.05) is 67.8 Å². The maximum atomic E-state index is 12.7. The van der Waals surface area contributed by atoms with Crippen LogP contribution in [0.2, 0.25) is 0 Å². The summed E-state index contributed by atoms with van der Waals surface area (Å²) in [6.07, 6.45) is 0. The smallest absolute Gasteiger partial charge is 0.345 e. The second-order valence-electron chi connectivity index (χ2n) is 4.53. The minimum Gasteiger partial charge on any atom is -0.421 e. The predicted molar refractivity (Wildman–Crippen MR) is 108 cm³/mol. The summed E-state index contributed by atoms with van der Waals surface area (Å²) in [5, 5.41) is -1.09. The van der Waals surface area contributed by atoms with Crippen LogP contribution >= 0.6 is 67.8 Å². The van der Waals surface area contributed by atoms with Gasteiger partial charge in [0.1, 0.15) is 10.6 Å². The van der Waals surface area contributed by atoms with Gasteiger partial charge >= 0.3 is 5.97 Å². The molecule has 0 saturated heterocycles. The Morgan fingerprint density at radius 3 is 2.26 bits per heavy atom. The molecule has 0 N–H and O–H groups in total. The van der Waals surface area contributed by atoms with Crippen molar-refractivity contribution in [1.82, 2.24) is 0 Å². The fourth-order valence-electron chi connectivity index (χ4n) is 2.13. The van der Waals surface area contributed by atoms with Crippen molar-refractivity contribution in [1.29, 1.82) is 0 Å². The number of fused-ring (bicyclic) bond motifs is 2. The van der Waals surface area contributed by atoms with Gasteiger partial charge in [-0.2, -0.15) is 0 Å². The van der Waals surface area contributed by atoms with Gasteiger partial charge in [0.25, 0.3) is 5.12 Å². The quantitative estimate of drug-likeness (QED) is 0.186. The molecule has 0 aliphatic carbocycles. The number of sulfone groups is 1. The molecule has 0 atom stereocenters. The standard InChI is InChI=1S/C14H5I3O5S/c15-6-5-7(16)12(17)11-10(6)14(19)23(20,21)9-4-2-1-3-8(9)22-13(11)18/h1-5H. The Kier molecular flexibility index (Phi) is 4.74. The molecule has 0 spiro atoms. The molecule has 0 aromatic heterocycles. The summed E-state index contributed by atoms with van der Waals surface area (Å²) in [5.41, 5.74) is -0.139. The van der Waals surface area contributed by atoms with Crippen molar-refractivity contribution in [3.05, 3.63) is 52.2 Å². The number of rotatable bonds is 0. The molecule has 118 valence electrons. The normalized spacial score (nSPS) is 16.0. The minimum atomic E-state index is -4.30. The summed E-state index contributed by atoms with van der Waals surface area (Å²) < 4.78 is 32.2. The third-order valence-electron chi connectivity index (χ3n) is 3.17. The summed E-state index contributed by atoms with van der Waals surface area (Å²) in [6.45, 7) is 0. The minimum absolute atomic E-state index is 0.00928. The number of hydrogen-bond donors (Lipinski definition) is 0. The van der Waals surface area contributed by atoms with E-state index in [0.717, 1.165) is 3.57 Å². The molecule has 0 saturated carbocycles. The van der Waals surface area contributed by atoms with Crippen LogP contribution in [0.1, 0.15) is 20.7 Å². The van der Waals surface area contributed by atoms with Gasteiger partial charge in [-0.25, -0.2) is 13.2 Å². The largest absolute Gasteiger partial charge is 0.421 e. The molecule has 3 rings (SSSR count). The highest BCUT2D eigenvalue weighted by molar-refractivity contribution is 14.1. The predicted octanol–water partition coefficient (Wildman–Crippen LogP) is 3.65. The maximum absolute atomic E-state index is 12.7. The number of carbonyl (C=O) groups excluding carboxylic acids is 2. The van der Waals surface area contributed by atoms with Crippen LogP contribution in [0.5, 0.6) is 5.75 Å². The summed E-state index contributed by atoms with van der Waals surface area (Å²) in [5.74, 6) is -0.877. The average Bonchev–Trinajstić information content (AvgIpc) is 2.49. The maximum Gasteiger partial charge on any atom is 0.345 e. The van der Waals surface area contributed by atoms with E-state index in [-0.39, 0.29) is 21.8 Å². The SMILES string of the molecule is O=C1Oc2ccccc2S(=O)(=O)C(=O)c2c(I)cc(I)c(I)c21. The van der Waals surface area contributed by atoms with Gasteiger partial charge in [0.05, 0.1) is 11.1 Å². The highest BCUT2D eigenvalue weighted by Gasteiger charge is 2.38. The van der Waals surface area contributed by atoms with Gasteiger partial charge in [-0.3, -0.25) is 4.79 Å². The van der Waals surface area contributed by atoms with Gasteiger partial charge in [0.2, 0.25) is 9.84 Å². The van der Waals surface area contributed by atoms with Crippen LogP contribution in [0.3, 0.4) is 0 Å². The van der Waals surface area contributed by atoms with Crippen molar-refractivity contribution < 1.29 is 22.7 Å². The highest BCUT2D eigenvalue weighted by Crippen LogP contribution is 2.35. The summed E-state index contributed by atoms with van der Waals surface area (Å²) in [4.78, 5) is 24.9. The first-order valence-electron chi connectivity index (χ1n) is 6.03. The first-order valence-corrected chi connectivity index (χ1v) is 10.7. The molecular weight excluding hydrogens is 661 g/mol. The van der Waals surface area contributed by atoms with Crippen LogP contribution in [0.4, 0.5) is 0 Å². The molecule has 9 heteroatoms. The van der Waals surface area contributed by atoms with E-state index in [0.29, 0.717) is 7.14 Å². The molecule has 0 bridgehead atoms. The zero-order valence-corrected chi connectivity index (χ0v) is 18.3. The summed E-state index contributed by atoms with van der Waals surface area (Å²) >= 11 is 5.79. The fraction of sp³-hybridized carbons (Fsp3) is 0. The van der Waals surface area contributed by atoms with E-state index in [9.17, 15) is 18.0 Å². The molecule has 1 heterocycles. The lowest BCUT2D eigenvalue weighted by Gasteiger charge is -2.18. The van der Waals surface area contributed by atoms with Crippen LogP contribution in [-0.2, 0) is 9.84 Å². The number of benzene rings is 2. The van der Waals surface area contributed by atoms with Crippen molar-refractivity contribution in [3.8, 4) is 5.75 Å². The third-order valence-corrected chi connectivity index (χ3v) is 8.63. The number of ether oxygens (including phenoxy) is 1. The van der Waals surface area contributed by atoms with Gasteiger partial charge in [-0.15, -0.1) is 0 Å². The molecule has 23 heavy (non-hydrogen) atoms. The van der Waals surface area contributed by atoms with Crippen LogP contribution < -0.4 is 4.74 Å². The van der Waals surface area contributed by atoms with E-state index in [2.05, 4.69) is 0 Å². The monoisotopic (exact) mass is 666 g/mol. The lowest BCUT2D eigenvalue weighted by atomic mass is 10.1. The van der Waals surface area contributed by atoms with Gasteiger partial charge in [0.15, 0.2) is 0 Å².